The quantitative estimate of drug-likeness (QED) is 0.00609. The second-order valence-corrected chi connectivity index (χ2v) is 22.2. The molecule has 0 saturated heterocycles. The van der Waals surface area contributed by atoms with Gasteiger partial charge in [-0.15, -0.1) is 13.2 Å². The van der Waals surface area contributed by atoms with E-state index in [9.17, 15) is 69.5 Å². The van der Waals surface area contributed by atoms with E-state index >= 15 is 0 Å². The van der Waals surface area contributed by atoms with Gasteiger partial charge < -0.3 is 59.1 Å². The van der Waals surface area contributed by atoms with Gasteiger partial charge in [0.25, 0.3) is 11.8 Å². The van der Waals surface area contributed by atoms with Crippen LogP contribution in [-0.4, -0.2) is 107 Å². The number of esters is 2. The Morgan fingerprint density at radius 1 is 0.485 bits per heavy atom. The lowest BCUT2D eigenvalue weighted by Crippen LogP contribution is -2.35. The van der Waals surface area contributed by atoms with Crippen LogP contribution in [0.4, 0.5) is 49.1 Å². The number of hydrogen-bond acceptors (Lipinski definition) is 15. The highest BCUT2D eigenvalue weighted by Gasteiger charge is 2.40. The van der Waals surface area contributed by atoms with Crippen molar-refractivity contribution in [2.75, 3.05) is 42.3 Å². The smallest absolute Gasteiger partial charge is 0.492 e. The van der Waals surface area contributed by atoms with E-state index in [1.807, 2.05) is 0 Å². The molecule has 4 heterocycles. The first-order valence-corrected chi connectivity index (χ1v) is 30.7. The highest BCUT2D eigenvalue weighted by Crippen LogP contribution is 2.35. The summed E-state index contributed by atoms with van der Waals surface area (Å²) in [5.74, 6) is -7.75. The molecule has 10 rings (SSSR count). The van der Waals surface area contributed by atoms with E-state index in [2.05, 4.69) is 31.0 Å². The van der Waals surface area contributed by atoms with Gasteiger partial charge in [0.2, 0.25) is 23.4 Å². The zero-order valence-electron chi connectivity index (χ0n) is 53.3. The number of rotatable bonds is 27. The van der Waals surface area contributed by atoms with Crippen molar-refractivity contribution in [3.05, 3.63) is 261 Å². The summed E-state index contributed by atoms with van der Waals surface area (Å²) in [6.45, 7) is 2.48. The number of hydrogen-bond donors (Lipinski definition) is 5. The second kappa shape index (κ2) is 31.5. The van der Waals surface area contributed by atoms with Gasteiger partial charge in [-0.1, -0.05) is 84.9 Å². The summed E-state index contributed by atoms with van der Waals surface area (Å²) >= 11 is 0. The third kappa shape index (κ3) is 17.8. The van der Waals surface area contributed by atoms with E-state index in [0.717, 1.165) is 24.3 Å². The van der Waals surface area contributed by atoms with Crippen LogP contribution in [-0.2, 0) is 41.8 Å². The molecular formula is C73H58F6N8O14. The predicted molar refractivity (Wildman–Crippen MR) is 356 cm³/mol. The molecule has 0 atom stereocenters. The van der Waals surface area contributed by atoms with Gasteiger partial charge in [-0.2, -0.15) is 13.2 Å². The van der Waals surface area contributed by atoms with Crippen molar-refractivity contribution < 1.29 is 93.2 Å². The van der Waals surface area contributed by atoms with Gasteiger partial charge in [-0.05, 0) is 122 Å². The summed E-state index contributed by atoms with van der Waals surface area (Å²) in [6, 6.07) is 45.9. The first-order chi connectivity index (χ1) is 48.4. The largest absolute Gasteiger partial charge is 0.573 e. The second-order valence-electron chi connectivity index (χ2n) is 22.2. The topological polar surface area (TPSA) is 281 Å². The Hall–Kier alpha value is -12.9. The molecule has 28 heteroatoms. The lowest BCUT2D eigenvalue weighted by atomic mass is 10.0. The fraction of sp³-hybridized carbons (Fsp3) is 0.151. The minimum absolute atomic E-state index is 0.0300. The molecule has 0 saturated carbocycles. The van der Waals surface area contributed by atoms with Crippen LogP contribution in [0.1, 0.15) is 102 Å². The first-order valence-electron chi connectivity index (χ1n) is 30.7. The van der Waals surface area contributed by atoms with Crippen LogP contribution in [0, 0.1) is 13.8 Å². The number of carbonyl (C=O) groups is 9. The Bertz CT molecular complexity index is 4860. The van der Waals surface area contributed by atoms with E-state index in [1.165, 1.54) is 45.2 Å². The molecule has 101 heavy (non-hydrogen) atoms. The molecule has 0 radical (unpaired) electrons. The van der Waals surface area contributed by atoms with Crippen LogP contribution in [0.3, 0.4) is 0 Å². The van der Waals surface area contributed by atoms with E-state index in [-0.39, 0.29) is 119 Å². The molecule has 22 nitrogen and oxygen atoms in total. The highest BCUT2D eigenvalue weighted by molar-refractivity contribution is 6.17. The maximum atomic E-state index is 14.4. The maximum absolute atomic E-state index is 14.4. The van der Waals surface area contributed by atoms with Crippen molar-refractivity contribution in [3.8, 4) is 11.5 Å². The molecule has 0 spiro atoms. The normalized spacial score (nSPS) is 11.4. The number of aromatic nitrogens is 2. The van der Waals surface area contributed by atoms with Crippen molar-refractivity contribution in [1.29, 1.82) is 0 Å². The van der Waals surface area contributed by atoms with Crippen LogP contribution in [0.2, 0.25) is 0 Å². The molecule has 10 aromatic rings. The Kier molecular flexibility index (Phi) is 22.1. The number of ether oxygens (including phenoxy) is 5. The Labute approximate surface area is 569 Å². The maximum Gasteiger partial charge on any atom is 0.573 e. The molecule has 5 amide bonds. The number of aliphatic imine (C=N–C) groups is 1. The van der Waals surface area contributed by atoms with Gasteiger partial charge in [0.15, 0.2) is 6.40 Å². The number of fused-ring (bicyclic) bond motifs is 2. The van der Waals surface area contributed by atoms with E-state index in [1.54, 1.807) is 153 Å². The van der Waals surface area contributed by atoms with E-state index < -0.39 is 83.3 Å². The van der Waals surface area contributed by atoms with Gasteiger partial charge in [0.05, 0.1) is 69.4 Å². The molecule has 0 aliphatic rings. The first kappa shape index (κ1) is 70.9. The number of alkyl halides is 6. The van der Waals surface area contributed by atoms with Crippen molar-refractivity contribution in [1.82, 2.24) is 19.4 Å². The van der Waals surface area contributed by atoms with Gasteiger partial charge in [0.1, 0.15) is 44.3 Å². The molecule has 6 aromatic carbocycles. The third-order valence-electron chi connectivity index (χ3n) is 15.3. The molecule has 0 aliphatic carbocycles. The van der Waals surface area contributed by atoms with Crippen LogP contribution in [0.15, 0.2) is 199 Å². The number of halogens is 6. The lowest BCUT2D eigenvalue weighted by molar-refractivity contribution is -0.280. The van der Waals surface area contributed by atoms with Crippen molar-refractivity contribution in [2.45, 2.75) is 46.0 Å². The van der Waals surface area contributed by atoms with Crippen molar-refractivity contribution >= 4 is 93.2 Å². The minimum atomic E-state index is -5.30. The summed E-state index contributed by atoms with van der Waals surface area (Å²) in [5, 5.41) is 12.6. The summed E-state index contributed by atoms with van der Waals surface area (Å²) in [5.41, 5.74) is 1.59. The van der Waals surface area contributed by atoms with E-state index in [0.29, 0.717) is 27.7 Å². The number of anilines is 3. The fourth-order valence-electron chi connectivity index (χ4n) is 10.5. The van der Waals surface area contributed by atoms with Gasteiger partial charge in [0, 0.05) is 45.8 Å². The number of ketones is 2. The molecule has 0 aliphatic heterocycles. The van der Waals surface area contributed by atoms with Crippen molar-refractivity contribution in [2.24, 2.45) is 4.99 Å². The zero-order chi connectivity index (χ0) is 72.0. The van der Waals surface area contributed by atoms with E-state index in [4.69, 9.17) is 18.9 Å². The molecule has 0 fully saturated rings. The molecule has 4 aromatic heterocycles. The van der Waals surface area contributed by atoms with Crippen molar-refractivity contribution in [3.63, 3.8) is 0 Å². The number of nitrogens with one attached hydrogen (secondary N) is 5. The summed E-state index contributed by atoms with van der Waals surface area (Å²) in [6.07, 6.45) is -7.65. The lowest BCUT2D eigenvalue weighted by Gasteiger charge is -2.14. The SMILES string of the molecule is Cc1c(NC(=O)c2cccc(OCCNC(=O)CC(=O)NCCOc3cccc(C(=O)Nc4c(C)c(C(=O)c5ccc(NC(=O)C(F)(F)F)c(C(=O)OCc6ccccc6)c5)n5ccccc45)c3)c2)c2ccccn2c1C(=O)c1ccc(N=COC(F)(F)F)c(C(=O)OCc2ccccc2)c1. The average molecular weight is 1390 g/mol. The number of benzene rings is 6. The molecule has 516 valence electrons. The van der Waals surface area contributed by atoms with Gasteiger partial charge in [-0.25, -0.2) is 14.6 Å². The van der Waals surface area contributed by atoms with Crippen LogP contribution >= 0.6 is 0 Å². The molecular weight excluding hydrogens is 1330 g/mol. The van der Waals surface area contributed by atoms with Gasteiger partial charge >= 0.3 is 30.4 Å². The Balaban J connectivity index is 0.697. The number of nitrogens with zero attached hydrogens (tertiary/aromatic N) is 3. The summed E-state index contributed by atoms with van der Waals surface area (Å²) in [7, 11) is 0. The highest BCUT2D eigenvalue weighted by atomic mass is 19.4. The number of amides is 5. The molecule has 5 N–H and O–H groups in total. The van der Waals surface area contributed by atoms with Crippen LogP contribution in [0.25, 0.3) is 11.0 Å². The monoisotopic (exact) mass is 1380 g/mol. The Morgan fingerprint density at radius 3 is 1.42 bits per heavy atom. The molecule has 0 bridgehead atoms. The van der Waals surface area contributed by atoms with Crippen LogP contribution in [0.5, 0.6) is 11.5 Å². The summed E-state index contributed by atoms with van der Waals surface area (Å²) < 4.78 is 108. The predicted octanol–water partition coefficient (Wildman–Crippen LogP) is 12.3. The van der Waals surface area contributed by atoms with Crippen LogP contribution < -0.4 is 36.1 Å². The zero-order valence-corrected chi connectivity index (χ0v) is 53.3. The minimum Gasteiger partial charge on any atom is -0.492 e. The summed E-state index contributed by atoms with van der Waals surface area (Å²) in [4.78, 5) is 125. The fourth-order valence-corrected chi connectivity index (χ4v) is 10.5. The molecule has 0 unspecified atom stereocenters. The van der Waals surface area contributed by atoms with Gasteiger partial charge in [-0.3, -0.25) is 33.6 Å². The third-order valence-corrected chi connectivity index (χ3v) is 15.3. The number of carbonyl (C=O) groups excluding carboxylic acids is 9. The average Bonchev–Trinajstić information content (AvgIpc) is 1.63. The Morgan fingerprint density at radius 2 is 0.941 bits per heavy atom. The number of pyridine rings is 2. The standard InChI is InChI=1S/C73H58F6N8O14/c1-43-61(57-23-9-11-31-86(57)63(43)65(90)47-25-27-55(82-42-101-73(77,78)79)53(37-47)69(94)99-40-45-15-5-3-6-16-45)84-67(92)49-19-13-21-51(35-49)97-33-29-80-59(88)39-60(89)81-30-34-98-52-22-14-20-50(36-52)68(93)85-62-44(2)64(87-32-12-10-24-58(62)87)66(91)48-26-28-56(83-71(96)72(74,75)76)54(38-48)70(95)100-41-46-17-7-4-8-18-46/h3-28,31-32,35-38,42H,29-30,33-34,39-41H2,1-2H3,(H,80,88)(H,81,89)(H,83,96)(H,84,92)(H,85,93).